The molecule has 1 amide bonds. The Hall–Kier alpha value is -1.45. The molecule has 1 rings (SSSR count). The van der Waals surface area contributed by atoms with Crippen LogP contribution in [0.4, 0.5) is 8.78 Å². The SMILES string of the molecule is O=C(N=C=S)c1cc(F)ccc1F. The third-order valence-electron chi connectivity index (χ3n) is 1.31. The second-order valence-electron chi connectivity index (χ2n) is 2.13. The van der Waals surface area contributed by atoms with Crippen LogP contribution in [-0.2, 0) is 0 Å². The lowest BCUT2D eigenvalue weighted by atomic mass is 10.2. The van der Waals surface area contributed by atoms with Crippen molar-refractivity contribution in [2.24, 2.45) is 4.99 Å². The average Bonchev–Trinajstić information content (AvgIpc) is 2.09. The number of hydrogen-bond acceptors (Lipinski definition) is 2. The zero-order valence-corrected chi connectivity index (χ0v) is 7.07. The van der Waals surface area contributed by atoms with Gasteiger partial charge < -0.3 is 0 Å². The summed E-state index contributed by atoms with van der Waals surface area (Å²) in [5.41, 5.74) is -0.447. The molecule has 0 N–H and O–H groups in total. The van der Waals surface area contributed by atoms with Gasteiger partial charge in [0.15, 0.2) is 0 Å². The molecule has 1 aromatic carbocycles. The van der Waals surface area contributed by atoms with Gasteiger partial charge in [-0.15, -0.1) is 0 Å². The molecule has 0 unspecified atom stereocenters. The first kappa shape index (κ1) is 9.64. The van der Waals surface area contributed by atoms with Gasteiger partial charge in [0.1, 0.15) is 11.6 Å². The van der Waals surface area contributed by atoms with E-state index in [1.54, 1.807) is 5.16 Å². The molecule has 0 aliphatic carbocycles. The molecule has 0 fully saturated rings. The Balaban J connectivity index is 3.20. The maximum Gasteiger partial charge on any atom is 0.288 e. The summed E-state index contributed by atoms with van der Waals surface area (Å²) in [6.45, 7) is 0. The summed E-state index contributed by atoms with van der Waals surface area (Å²) in [6.07, 6.45) is 0. The monoisotopic (exact) mass is 199 g/mol. The second-order valence-corrected chi connectivity index (χ2v) is 2.31. The molecule has 0 bridgehead atoms. The molecule has 0 aliphatic rings. The Morgan fingerprint density at radius 2 is 2.15 bits per heavy atom. The van der Waals surface area contributed by atoms with Gasteiger partial charge >= 0.3 is 0 Å². The number of isothiocyanates is 1. The van der Waals surface area contributed by atoms with Crippen LogP contribution in [0.15, 0.2) is 23.2 Å². The van der Waals surface area contributed by atoms with Crippen LogP contribution >= 0.6 is 12.2 Å². The molecule has 0 aromatic heterocycles. The molecular formula is C8H3F2NOS. The number of carbonyl (C=O) groups is 1. The van der Waals surface area contributed by atoms with Crippen LogP contribution in [0.2, 0.25) is 0 Å². The van der Waals surface area contributed by atoms with E-state index in [0.29, 0.717) is 0 Å². The molecule has 0 heterocycles. The highest BCUT2D eigenvalue weighted by Gasteiger charge is 2.10. The fraction of sp³-hybridized carbons (Fsp3) is 0. The summed E-state index contributed by atoms with van der Waals surface area (Å²) >= 11 is 4.15. The largest absolute Gasteiger partial charge is 0.288 e. The molecule has 0 aliphatic heterocycles. The fourth-order valence-corrected chi connectivity index (χ4v) is 0.846. The van der Waals surface area contributed by atoms with Crippen molar-refractivity contribution in [3.63, 3.8) is 0 Å². The summed E-state index contributed by atoms with van der Waals surface area (Å²) in [5, 5.41) is 1.78. The molecule has 0 radical (unpaired) electrons. The van der Waals surface area contributed by atoms with Crippen molar-refractivity contribution in [1.82, 2.24) is 0 Å². The van der Waals surface area contributed by atoms with Crippen LogP contribution in [0.5, 0.6) is 0 Å². The summed E-state index contributed by atoms with van der Waals surface area (Å²) in [5.74, 6) is -2.48. The zero-order chi connectivity index (χ0) is 9.84. The van der Waals surface area contributed by atoms with Gasteiger partial charge in [-0.3, -0.25) is 4.79 Å². The Labute approximate surface area is 77.9 Å². The van der Waals surface area contributed by atoms with Gasteiger partial charge in [0.25, 0.3) is 5.91 Å². The molecule has 66 valence electrons. The van der Waals surface area contributed by atoms with Crippen molar-refractivity contribution in [3.05, 3.63) is 35.4 Å². The van der Waals surface area contributed by atoms with E-state index in [1.807, 2.05) is 0 Å². The van der Waals surface area contributed by atoms with Crippen molar-refractivity contribution < 1.29 is 13.6 Å². The molecule has 0 spiro atoms. The summed E-state index contributed by atoms with van der Waals surface area (Å²) in [7, 11) is 0. The minimum absolute atomic E-state index is 0.447. The van der Waals surface area contributed by atoms with E-state index in [-0.39, 0.29) is 0 Å². The number of halogens is 2. The number of amides is 1. The lowest BCUT2D eigenvalue weighted by Gasteiger charge is -1.95. The zero-order valence-electron chi connectivity index (χ0n) is 6.25. The first-order valence-electron chi connectivity index (χ1n) is 3.22. The lowest BCUT2D eigenvalue weighted by molar-refractivity contribution is 0.0999. The molecular weight excluding hydrogens is 196 g/mol. The summed E-state index contributed by atoms with van der Waals surface area (Å²) in [4.78, 5) is 13.9. The third kappa shape index (κ3) is 2.24. The van der Waals surface area contributed by atoms with Crippen LogP contribution in [-0.4, -0.2) is 11.1 Å². The van der Waals surface area contributed by atoms with Crippen molar-refractivity contribution >= 4 is 23.3 Å². The number of benzene rings is 1. The van der Waals surface area contributed by atoms with Crippen LogP contribution in [0.1, 0.15) is 10.4 Å². The Bertz CT molecular complexity index is 399. The quantitative estimate of drug-likeness (QED) is 0.512. The number of thiocarbonyl (C=S) groups is 1. The van der Waals surface area contributed by atoms with Gasteiger partial charge in [0.2, 0.25) is 0 Å². The molecule has 2 nitrogen and oxygen atoms in total. The minimum Gasteiger partial charge on any atom is -0.266 e. The molecule has 0 atom stereocenters. The molecule has 0 saturated carbocycles. The lowest BCUT2D eigenvalue weighted by Crippen LogP contribution is -1.99. The van der Waals surface area contributed by atoms with E-state index in [1.165, 1.54) is 0 Å². The van der Waals surface area contributed by atoms with Gasteiger partial charge in [-0.1, -0.05) is 0 Å². The highest BCUT2D eigenvalue weighted by Crippen LogP contribution is 2.10. The third-order valence-corrected chi connectivity index (χ3v) is 1.40. The van der Waals surface area contributed by atoms with Crippen LogP contribution < -0.4 is 0 Å². The van der Waals surface area contributed by atoms with Gasteiger partial charge in [-0.05, 0) is 30.4 Å². The molecule has 5 heteroatoms. The summed E-state index contributed by atoms with van der Waals surface area (Å²) in [6, 6.07) is 2.52. The van der Waals surface area contributed by atoms with Crippen molar-refractivity contribution in [1.29, 1.82) is 0 Å². The number of nitrogens with zero attached hydrogens (tertiary/aromatic N) is 1. The molecule has 0 saturated heterocycles. The number of hydrogen-bond donors (Lipinski definition) is 0. The Morgan fingerprint density at radius 3 is 2.77 bits per heavy atom. The van der Waals surface area contributed by atoms with Crippen LogP contribution in [0, 0.1) is 11.6 Å². The standard InChI is InChI=1S/C8H3F2NOS/c9-5-1-2-7(10)6(3-5)8(12)11-4-13/h1-3H. The first-order valence-corrected chi connectivity index (χ1v) is 3.63. The van der Waals surface area contributed by atoms with Crippen LogP contribution in [0.25, 0.3) is 0 Å². The van der Waals surface area contributed by atoms with E-state index in [9.17, 15) is 13.6 Å². The number of rotatable bonds is 1. The predicted molar refractivity (Wildman–Crippen MR) is 45.7 cm³/mol. The van der Waals surface area contributed by atoms with Gasteiger partial charge in [-0.2, -0.15) is 4.99 Å². The first-order chi connectivity index (χ1) is 6.15. The van der Waals surface area contributed by atoms with Gasteiger partial charge in [0.05, 0.1) is 10.7 Å². The van der Waals surface area contributed by atoms with E-state index >= 15 is 0 Å². The maximum absolute atomic E-state index is 12.8. The summed E-state index contributed by atoms with van der Waals surface area (Å²) < 4.78 is 25.4. The molecule has 13 heavy (non-hydrogen) atoms. The average molecular weight is 199 g/mol. The predicted octanol–water partition coefficient (Wildman–Crippen LogP) is 2.21. The van der Waals surface area contributed by atoms with Crippen molar-refractivity contribution in [2.75, 3.05) is 0 Å². The highest BCUT2D eigenvalue weighted by atomic mass is 32.1. The second kappa shape index (κ2) is 3.98. The van der Waals surface area contributed by atoms with E-state index < -0.39 is 23.1 Å². The smallest absolute Gasteiger partial charge is 0.266 e. The van der Waals surface area contributed by atoms with Crippen molar-refractivity contribution in [3.8, 4) is 0 Å². The topological polar surface area (TPSA) is 29.4 Å². The maximum atomic E-state index is 12.8. The van der Waals surface area contributed by atoms with E-state index in [0.717, 1.165) is 18.2 Å². The van der Waals surface area contributed by atoms with Gasteiger partial charge in [0, 0.05) is 0 Å². The number of aliphatic imine (C=N–C) groups is 1. The normalized spacial score (nSPS) is 9.08. The van der Waals surface area contributed by atoms with Crippen LogP contribution in [0.3, 0.4) is 0 Å². The minimum atomic E-state index is -0.938. The Morgan fingerprint density at radius 1 is 1.46 bits per heavy atom. The fourth-order valence-electron chi connectivity index (χ4n) is 0.763. The Kier molecular flexibility index (Phi) is 2.95. The van der Waals surface area contributed by atoms with E-state index in [2.05, 4.69) is 17.2 Å². The van der Waals surface area contributed by atoms with E-state index in [4.69, 9.17) is 0 Å². The van der Waals surface area contributed by atoms with Gasteiger partial charge in [-0.25, -0.2) is 8.78 Å². The number of carbonyl (C=O) groups excluding carboxylic acids is 1. The van der Waals surface area contributed by atoms with Crippen molar-refractivity contribution in [2.45, 2.75) is 0 Å². The highest BCUT2D eigenvalue weighted by molar-refractivity contribution is 7.78. The molecule has 1 aromatic rings.